The SMILES string of the molecule is Cc1nnnn1-c1ccc(N2CCNCC2)cc1. The standard InChI is InChI=1S/C12H16N6/c1-10-14-15-16-18(10)12-4-2-11(3-5-12)17-8-6-13-7-9-17/h2-5,13H,6-9H2,1H3. The first-order valence-electron chi connectivity index (χ1n) is 6.16. The molecule has 0 aliphatic carbocycles. The number of nitrogens with one attached hydrogen (secondary N) is 1. The van der Waals surface area contributed by atoms with E-state index < -0.39 is 0 Å². The number of nitrogens with zero attached hydrogens (tertiary/aromatic N) is 5. The van der Waals surface area contributed by atoms with Gasteiger partial charge in [0.05, 0.1) is 5.69 Å². The van der Waals surface area contributed by atoms with Gasteiger partial charge < -0.3 is 10.2 Å². The van der Waals surface area contributed by atoms with Crippen LogP contribution in [-0.2, 0) is 0 Å². The maximum Gasteiger partial charge on any atom is 0.153 e. The molecule has 1 aliphatic heterocycles. The molecule has 0 saturated carbocycles. The second-order valence-corrected chi connectivity index (χ2v) is 4.39. The highest BCUT2D eigenvalue weighted by molar-refractivity contribution is 5.51. The lowest BCUT2D eigenvalue weighted by Gasteiger charge is -2.29. The molecule has 3 rings (SSSR count). The lowest BCUT2D eigenvalue weighted by Crippen LogP contribution is -2.43. The minimum Gasteiger partial charge on any atom is -0.369 e. The molecule has 2 heterocycles. The first-order chi connectivity index (χ1) is 8.84. The molecule has 1 fully saturated rings. The fourth-order valence-electron chi connectivity index (χ4n) is 2.20. The lowest BCUT2D eigenvalue weighted by molar-refractivity contribution is 0.589. The van der Waals surface area contributed by atoms with E-state index in [4.69, 9.17) is 0 Å². The number of benzene rings is 1. The van der Waals surface area contributed by atoms with Crippen LogP contribution in [0, 0.1) is 6.92 Å². The number of hydrogen-bond donors (Lipinski definition) is 1. The van der Waals surface area contributed by atoms with Crippen molar-refractivity contribution in [1.29, 1.82) is 0 Å². The molecule has 0 bridgehead atoms. The van der Waals surface area contributed by atoms with Gasteiger partial charge in [0, 0.05) is 31.9 Å². The lowest BCUT2D eigenvalue weighted by atomic mass is 10.2. The van der Waals surface area contributed by atoms with Crippen LogP contribution in [0.4, 0.5) is 5.69 Å². The van der Waals surface area contributed by atoms with E-state index in [2.05, 4.69) is 50.0 Å². The van der Waals surface area contributed by atoms with Gasteiger partial charge in [0.15, 0.2) is 5.82 Å². The van der Waals surface area contributed by atoms with Crippen molar-refractivity contribution >= 4 is 5.69 Å². The highest BCUT2D eigenvalue weighted by Gasteiger charge is 2.10. The van der Waals surface area contributed by atoms with Crippen LogP contribution in [0.1, 0.15) is 5.82 Å². The Morgan fingerprint density at radius 2 is 1.72 bits per heavy atom. The van der Waals surface area contributed by atoms with Gasteiger partial charge in [-0.15, -0.1) is 5.10 Å². The summed E-state index contributed by atoms with van der Waals surface area (Å²) in [6.07, 6.45) is 0. The van der Waals surface area contributed by atoms with Crippen LogP contribution in [0.25, 0.3) is 5.69 Å². The number of aromatic nitrogens is 4. The molecule has 6 nitrogen and oxygen atoms in total. The summed E-state index contributed by atoms with van der Waals surface area (Å²) in [6.45, 7) is 6.11. The first-order valence-corrected chi connectivity index (χ1v) is 6.16. The van der Waals surface area contributed by atoms with Gasteiger partial charge in [-0.3, -0.25) is 0 Å². The Hall–Kier alpha value is -1.95. The van der Waals surface area contributed by atoms with Crippen molar-refractivity contribution in [2.45, 2.75) is 6.92 Å². The zero-order valence-corrected chi connectivity index (χ0v) is 10.4. The largest absolute Gasteiger partial charge is 0.369 e. The molecular formula is C12H16N6. The Morgan fingerprint density at radius 1 is 1.06 bits per heavy atom. The summed E-state index contributed by atoms with van der Waals surface area (Å²) in [6, 6.07) is 8.37. The Kier molecular flexibility index (Phi) is 2.93. The molecule has 2 aromatic rings. The average Bonchev–Trinajstić information content (AvgIpc) is 2.86. The number of anilines is 1. The van der Waals surface area contributed by atoms with Crippen molar-refractivity contribution in [3.8, 4) is 5.69 Å². The second kappa shape index (κ2) is 4.73. The average molecular weight is 244 g/mol. The Bertz CT molecular complexity index is 512. The minimum absolute atomic E-state index is 0.796. The van der Waals surface area contributed by atoms with Crippen molar-refractivity contribution in [2.75, 3.05) is 31.1 Å². The summed E-state index contributed by atoms with van der Waals surface area (Å²) in [5, 5.41) is 14.9. The molecule has 0 amide bonds. The molecule has 94 valence electrons. The third-order valence-electron chi connectivity index (χ3n) is 3.20. The molecular weight excluding hydrogens is 228 g/mol. The maximum absolute atomic E-state index is 3.96. The van der Waals surface area contributed by atoms with E-state index in [1.165, 1.54) is 5.69 Å². The predicted octanol–water partition coefficient (Wildman–Crippen LogP) is 0.380. The van der Waals surface area contributed by atoms with E-state index in [0.29, 0.717) is 0 Å². The van der Waals surface area contributed by atoms with Crippen LogP contribution >= 0.6 is 0 Å². The second-order valence-electron chi connectivity index (χ2n) is 4.39. The summed E-state index contributed by atoms with van der Waals surface area (Å²) in [7, 11) is 0. The van der Waals surface area contributed by atoms with Gasteiger partial charge >= 0.3 is 0 Å². The third kappa shape index (κ3) is 2.06. The van der Waals surface area contributed by atoms with E-state index in [9.17, 15) is 0 Å². The zero-order valence-electron chi connectivity index (χ0n) is 10.4. The zero-order chi connectivity index (χ0) is 12.4. The van der Waals surface area contributed by atoms with Crippen LogP contribution in [0.15, 0.2) is 24.3 Å². The van der Waals surface area contributed by atoms with Crippen LogP contribution in [0.2, 0.25) is 0 Å². The van der Waals surface area contributed by atoms with E-state index in [-0.39, 0.29) is 0 Å². The normalized spacial score (nSPS) is 15.9. The molecule has 1 N–H and O–H groups in total. The topological polar surface area (TPSA) is 58.9 Å². The van der Waals surface area contributed by atoms with E-state index in [1.54, 1.807) is 4.68 Å². The number of piperazine rings is 1. The van der Waals surface area contributed by atoms with E-state index in [1.807, 2.05) is 6.92 Å². The number of aryl methyl sites for hydroxylation is 1. The van der Waals surface area contributed by atoms with E-state index in [0.717, 1.165) is 37.7 Å². The summed E-state index contributed by atoms with van der Waals surface area (Å²) < 4.78 is 1.74. The van der Waals surface area contributed by atoms with Crippen LogP contribution < -0.4 is 10.2 Å². The molecule has 6 heteroatoms. The summed E-state index contributed by atoms with van der Waals surface area (Å²) in [5.74, 6) is 0.796. The van der Waals surface area contributed by atoms with Crippen LogP contribution in [0.3, 0.4) is 0 Å². The molecule has 18 heavy (non-hydrogen) atoms. The fraction of sp³-hybridized carbons (Fsp3) is 0.417. The van der Waals surface area contributed by atoms with Crippen molar-refractivity contribution in [3.05, 3.63) is 30.1 Å². The minimum atomic E-state index is 0.796. The fourth-order valence-corrected chi connectivity index (χ4v) is 2.20. The van der Waals surface area contributed by atoms with Gasteiger partial charge in [-0.2, -0.15) is 4.68 Å². The highest BCUT2D eigenvalue weighted by Crippen LogP contribution is 2.17. The first kappa shape index (κ1) is 11.2. The number of tetrazole rings is 1. The Labute approximate surface area is 106 Å². The summed E-state index contributed by atoms with van der Waals surface area (Å²) in [4.78, 5) is 2.38. The van der Waals surface area contributed by atoms with Gasteiger partial charge in [0.1, 0.15) is 0 Å². The van der Waals surface area contributed by atoms with E-state index >= 15 is 0 Å². The van der Waals surface area contributed by atoms with Gasteiger partial charge in [0.2, 0.25) is 0 Å². The van der Waals surface area contributed by atoms with Crippen molar-refractivity contribution in [3.63, 3.8) is 0 Å². The van der Waals surface area contributed by atoms with Gasteiger partial charge in [-0.05, 0) is 41.6 Å². The van der Waals surface area contributed by atoms with Gasteiger partial charge in [0.25, 0.3) is 0 Å². The molecule has 1 aromatic heterocycles. The number of hydrogen-bond acceptors (Lipinski definition) is 5. The quantitative estimate of drug-likeness (QED) is 0.827. The molecule has 1 saturated heterocycles. The van der Waals surface area contributed by atoms with Crippen LogP contribution in [0.5, 0.6) is 0 Å². The van der Waals surface area contributed by atoms with Gasteiger partial charge in [-0.25, -0.2) is 0 Å². The molecule has 0 atom stereocenters. The molecule has 0 unspecified atom stereocenters. The molecule has 1 aliphatic rings. The Morgan fingerprint density at radius 3 is 2.33 bits per heavy atom. The highest BCUT2D eigenvalue weighted by atomic mass is 15.5. The summed E-state index contributed by atoms with van der Waals surface area (Å²) >= 11 is 0. The summed E-state index contributed by atoms with van der Waals surface area (Å²) in [5.41, 5.74) is 2.25. The van der Waals surface area contributed by atoms with Gasteiger partial charge in [-0.1, -0.05) is 0 Å². The van der Waals surface area contributed by atoms with Crippen molar-refractivity contribution < 1.29 is 0 Å². The Balaban J connectivity index is 1.82. The third-order valence-corrected chi connectivity index (χ3v) is 3.20. The maximum atomic E-state index is 3.96. The molecule has 0 radical (unpaired) electrons. The number of rotatable bonds is 2. The predicted molar refractivity (Wildman–Crippen MR) is 69.0 cm³/mol. The monoisotopic (exact) mass is 244 g/mol. The molecule has 1 aromatic carbocycles. The smallest absolute Gasteiger partial charge is 0.153 e. The van der Waals surface area contributed by atoms with Crippen LogP contribution in [-0.4, -0.2) is 46.4 Å². The molecule has 0 spiro atoms. The van der Waals surface area contributed by atoms with Crippen molar-refractivity contribution in [1.82, 2.24) is 25.5 Å². The van der Waals surface area contributed by atoms with Crippen molar-refractivity contribution in [2.24, 2.45) is 0 Å².